The van der Waals surface area contributed by atoms with Gasteiger partial charge in [0.05, 0.1) is 18.7 Å². The van der Waals surface area contributed by atoms with Crippen molar-refractivity contribution in [2.45, 2.75) is 25.9 Å². The van der Waals surface area contributed by atoms with Crippen LogP contribution in [0, 0.1) is 0 Å². The van der Waals surface area contributed by atoms with Crippen molar-refractivity contribution in [2.24, 2.45) is 0 Å². The summed E-state index contributed by atoms with van der Waals surface area (Å²) in [5.41, 5.74) is 1.39. The number of anilines is 1. The zero-order valence-electron chi connectivity index (χ0n) is 14.9. The van der Waals surface area contributed by atoms with Crippen molar-refractivity contribution < 1.29 is 9.53 Å². The van der Waals surface area contributed by atoms with Gasteiger partial charge in [-0.2, -0.15) is 0 Å². The van der Waals surface area contributed by atoms with Gasteiger partial charge >= 0.3 is 0 Å². The Labute approximate surface area is 149 Å². The molecule has 1 aliphatic rings. The van der Waals surface area contributed by atoms with E-state index in [0.29, 0.717) is 18.7 Å². The number of carbonyl (C=O) groups excluding carboxylic acids is 1. The highest BCUT2D eigenvalue weighted by atomic mass is 16.5. The third kappa shape index (κ3) is 3.99. The number of pyridine rings is 1. The lowest BCUT2D eigenvalue weighted by Crippen LogP contribution is -2.48. The van der Waals surface area contributed by atoms with Crippen LogP contribution < -0.4 is 10.2 Å². The quantitative estimate of drug-likeness (QED) is 0.910. The van der Waals surface area contributed by atoms with Crippen LogP contribution in [0.15, 0.2) is 48.7 Å². The number of aromatic nitrogens is 1. The van der Waals surface area contributed by atoms with Gasteiger partial charge in [0, 0.05) is 19.3 Å². The van der Waals surface area contributed by atoms with Crippen LogP contribution in [0.4, 0.5) is 5.82 Å². The molecule has 1 saturated heterocycles. The van der Waals surface area contributed by atoms with Gasteiger partial charge in [0.1, 0.15) is 11.4 Å². The lowest BCUT2D eigenvalue weighted by atomic mass is 9.94. The fourth-order valence-electron chi connectivity index (χ4n) is 3.08. The Morgan fingerprint density at radius 2 is 2.08 bits per heavy atom. The number of amides is 1. The minimum absolute atomic E-state index is 0.0722. The Bertz CT molecular complexity index is 703. The van der Waals surface area contributed by atoms with Gasteiger partial charge in [0.25, 0.3) is 5.91 Å². The molecule has 132 valence electrons. The second-order valence-corrected chi connectivity index (χ2v) is 6.53. The first-order valence-corrected chi connectivity index (χ1v) is 8.81. The zero-order chi connectivity index (χ0) is 17.7. The highest BCUT2D eigenvalue weighted by Gasteiger charge is 2.34. The molecule has 1 atom stereocenters. The van der Waals surface area contributed by atoms with Crippen molar-refractivity contribution >= 4 is 11.7 Å². The molecule has 2 heterocycles. The van der Waals surface area contributed by atoms with Crippen molar-refractivity contribution in [3.63, 3.8) is 0 Å². The largest absolute Gasteiger partial charge is 0.367 e. The SMILES string of the molecule is CCCNC(=O)c1ccc(N2CCOC(C)(c3ccccc3)C2)nc1. The standard InChI is InChI=1S/C20H25N3O2/c1-3-11-21-19(24)16-9-10-18(22-14-16)23-12-13-25-20(2,15-23)17-7-5-4-6-8-17/h4-10,14H,3,11-13,15H2,1-2H3,(H,21,24). The molecule has 1 N–H and O–H groups in total. The molecular formula is C20H25N3O2. The van der Waals surface area contributed by atoms with E-state index in [2.05, 4.69) is 34.3 Å². The van der Waals surface area contributed by atoms with E-state index < -0.39 is 0 Å². The fraction of sp³-hybridized carbons (Fsp3) is 0.400. The molecule has 0 aliphatic carbocycles. The monoisotopic (exact) mass is 339 g/mol. The predicted octanol–water partition coefficient (Wildman–Crippen LogP) is 2.97. The summed E-state index contributed by atoms with van der Waals surface area (Å²) in [4.78, 5) is 18.7. The van der Waals surface area contributed by atoms with E-state index in [9.17, 15) is 4.79 Å². The van der Waals surface area contributed by atoms with Crippen LogP contribution >= 0.6 is 0 Å². The average molecular weight is 339 g/mol. The van der Waals surface area contributed by atoms with Crippen molar-refractivity contribution in [3.8, 4) is 0 Å². The van der Waals surface area contributed by atoms with Crippen LogP contribution in [0.5, 0.6) is 0 Å². The fourth-order valence-corrected chi connectivity index (χ4v) is 3.08. The van der Waals surface area contributed by atoms with Gasteiger partial charge in [-0.15, -0.1) is 0 Å². The molecule has 1 aromatic heterocycles. The normalized spacial score (nSPS) is 20.3. The first kappa shape index (κ1) is 17.4. The molecule has 0 spiro atoms. The highest BCUT2D eigenvalue weighted by Crippen LogP contribution is 2.31. The maximum Gasteiger partial charge on any atom is 0.252 e. The van der Waals surface area contributed by atoms with Crippen molar-refractivity contribution in [2.75, 3.05) is 31.1 Å². The summed E-state index contributed by atoms with van der Waals surface area (Å²) in [6, 6.07) is 14.0. The highest BCUT2D eigenvalue weighted by molar-refractivity contribution is 5.94. The minimum Gasteiger partial charge on any atom is -0.367 e. The van der Waals surface area contributed by atoms with E-state index in [-0.39, 0.29) is 11.5 Å². The Morgan fingerprint density at radius 1 is 1.28 bits per heavy atom. The van der Waals surface area contributed by atoms with Crippen molar-refractivity contribution in [3.05, 3.63) is 59.8 Å². The van der Waals surface area contributed by atoms with Crippen LogP contribution in [0.2, 0.25) is 0 Å². The summed E-state index contributed by atoms with van der Waals surface area (Å²) in [6.45, 7) is 6.98. The summed E-state index contributed by atoms with van der Waals surface area (Å²) >= 11 is 0. The van der Waals surface area contributed by atoms with E-state index in [4.69, 9.17) is 4.74 Å². The second kappa shape index (κ2) is 7.66. The summed E-state index contributed by atoms with van der Waals surface area (Å²) in [5.74, 6) is 0.800. The Hall–Kier alpha value is -2.40. The van der Waals surface area contributed by atoms with Gasteiger partial charge in [0.2, 0.25) is 0 Å². The number of nitrogens with one attached hydrogen (secondary N) is 1. The predicted molar refractivity (Wildman–Crippen MR) is 98.8 cm³/mol. The van der Waals surface area contributed by atoms with Crippen LogP contribution in [0.1, 0.15) is 36.2 Å². The molecule has 0 saturated carbocycles. The van der Waals surface area contributed by atoms with Gasteiger partial charge in [-0.1, -0.05) is 37.3 Å². The number of nitrogens with zero attached hydrogens (tertiary/aromatic N) is 2. The zero-order valence-corrected chi connectivity index (χ0v) is 14.9. The number of hydrogen-bond donors (Lipinski definition) is 1. The molecule has 5 heteroatoms. The number of morpholine rings is 1. The molecule has 1 aliphatic heterocycles. The summed E-state index contributed by atoms with van der Waals surface area (Å²) < 4.78 is 6.08. The number of ether oxygens (including phenoxy) is 1. The molecule has 25 heavy (non-hydrogen) atoms. The van der Waals surface area contributed by atoms with Gasteiger partial charge < -0.3 is 15.0 Å². The Morgan fingerprint density at radius 3 is 2.76 bits per heavy atom. The number of hydrogen-bond acceptors (Lipinski definition) is 4. The van der Waals surface area contributed by atoms with E-state index in [1.807, 2.05) is 37.3 Å². The topological polar surface area (TPSA) is 54.5 Å². The molecule has 0 bridgehead atoms. The van der Waals surface area contributed by atoms with E-state index >= 15 is 0 Å². The van der Waals surface area contributed by atoms with Crippen molar-refractivity contribution in [1.82, 2.24) is 10.3 Å². The second-order valence-electron chi connectivity index (χ2n) is 6.53. The van der Waals surface area contributed by atoms with Gasteiger partial charge in [-0.05, 0) is 31.0 Å². The van der Waals surface area contributed by atoms with E-state index in [1.54, 1.807) is 6.20 Å². The van der Waals surface area contributed by atoms with Crippen LogP contribution in [-0.2, 0) is 10.3 Å². The molecule has 3 rings (SSSR count). The van der Waals surface area contributed by atoms with E-state index in [1.165, 1.54) is 0 Å². The number of benzene rings is 1. The Kier molecular flexibility index (Phi) is 5.34. The molecule has 1 amide bonds. The summed E-state index contributed by atoms with van der Waals surface area (Å²) in [7, 11) is 0. The summed E-state index contributed by atoms with van der Waals surface area (Å²) in [5, 5.41) is 2.87. The lowest BCUT2D eigenvalue weighted by Gasteiger charge is -2.41. The van der Waals surface area contributed by atoms with Gasteiger partial charge in [-0.25, -0.2) is 4.98 Å². The summed E-state index contributed by atoms with van der Waals surface area (Å²) in [6.07, 6.45) is 2.57. The number of carbonyl (C=O) groups is 1. The first-order chi connectivity index (χ1) is 12.1. The molecule has 0 radical (unpaired) electrons. The smallest absolute Gasteiger partial charge is 0.252 e. The molecule has 5 nitrogen and oxygen atoms in total. The van der Waals surface area contributed by atoms with Gasteiger partial charge in [-0.3, -0.25) is 4.79 Å². The first-order valence-electron chi connectivity index (χ1n) is 8.81. The van der Waals surface area contributed by atoms with Crippen molar-refractivity contribution in [1.29, 1.82) is 0 Å². The average Bonchev–Trinajstić information content (AvgIpc) is 2.67. The molecule has 1 aromatic carbocycles. The maximum atomic E-state index is 12.0. The number of rotatable bonds is 5. The maximum absolute atomic E-state index is 12.0. The lowest BCUT2D eigenvalue weighted by molar-refractivity contribution is -0.0468. The van der Waals surface area contributed by atoms with E-state index in [0.717, 1.165) is 30.9 Å². The Balaban J connectivity index is 1.72. The van der Waals surface area contributed by atoms with Gasteiger partial charge in [0.15, 0.2) is 0 Å². The molecule has 1 unspecified atom stereocenters. The minimum atomic E-state index is -0.363. The van der Waals surface area contributed by atoms with Crippen LogP contribution in [0.25, 0.3) is 0 Å². The molecule has 1 fully saturated rings. The molecule has 2 aromatic rings. The third-order valence-corrected chi connectivity index (χ3v) is 4.53. The van der Waals surface area contributed by atoms with Crippen LogP contribution in [-0.4, -0.2) is 37.1 Å². The third-order valence-electron chi connectivity index (χ3n) is 4.53. The molecular weight excluding hydrogens is 314 g/mol. The van der Waals surface area contributed by atoms with Crippen LogP contribution in [0.3, 0.4) is 0 Å².